The molecule has 1 fully saturated rings. The van der Waals surface area contributed by atoms with Crippen LogP contribution in [0, 0.1) is 5.92 Å². The van der Waals surface area contributed by atoms with Crippen LogP contribution in [-0.4, -0.2) is 39.8 Å². The molecular weight excluding hydrogens is 461 g/mol. The van der Waals surface area contributed by atoms with Gasteiger partial charge in [-0.05, 0) is 49.8 Å². The molecule has 0 amide bonds. The van der Waals surface area contributed by atoms with E-state index in [-0.39, 0.29) is 24.0 Å². The lowest BCUT2D eigenvalue weighted by Crippen LogP contribution is -2.45. The normalized spacial score (nSPS) is 21.0. The molecule has 0 aromatic heterocycles. The molecule has 7 heteroatoms. The smallest absolute Gasteiger partial charge is 0.191 e. The highest BCUT2D eigenvalue weighted by atomic mass is 127. The number of nitrogens with zero attached hydrogens (tertiary/aromatic N) is 1. The van der Waals surface area contributed by atoms with Gasteiger partial charge in [0.15, 0.2) is 15.8 Å². The summed E-state index contributed by atoms with van der Waals surface area (Å²) in [6, 6.07) is 7.59. The number of hydrogen-bond acceptors (Lipinski definition) is 3. The van der Waals surface area contributed by atoms with Crippen molar-refractivity contribution >= 4 is 39.8 Å². The maximum Gasteiger partial charge on any atom is 0.191 e. The van der Waals surface area contributed by atoms with Crippen molar-refractivity contribution in [2.24, 2.45) is 10.9 Å². The molecular formula is C19H32IN3O2S. The molecule has 0 bridgehead atoms. The van der Waals surface area contributed by atoms with Crippen LogP contribution in [-0.2, 0) is 16.3 Å². The highest BCUT2D eigenvalue weighted by Gasteiger charge is 2.19. The topological polar surface area (TPSA) is 70.6 Å². The van der Waals surface area contributed by atoms with E-state index >= 15 is 0 Å². The number of sulfone groups is 1. The molecule has 2 atom stereocenters. The third kappa shape index (κ3) is 7.82. The van der Waals surface area contributed by atoms with Gasteiger partial charge in [-0.3, -0.25) is 4.99 Å². The van der Waals surface area contributed by atoms with Gasteiger partial charge in [0.1, 0.15) is 0 Å². The highest BCUT2D eigenvalue weighted by molar-refractivity contribution is 14.0. The SMILES string of the molecule is CCNC(=NCCc1ccc(S(C)(=O)=O)cc1)NC1CCCC(C)C1.I. The first-order valence-corrected chi connectivity index (χ1v) is 11.1. The van der Waals surface area contributed by atoms with Crippen LogP contribution in [0.2, 0.25) is 0 Å². The molecule has 5 nitrogen and oxygen atoms in total. The summed E-state index contributed by atoms with van der Waals surface area (Å²) in [5, 5.41) is 6.88. The summed E-state index contributed by atoms with van der Waals surface area (Å²) >= 11 is 0. The minimum Gasteiger partial charge on any atom is -0.357 e. The van der Waals surface area contributed by atoms with Gasteiger partial charge < -0.3 is 10.6 Å². The lowest BCUT2D eigenvalue weighted by atomic mass is 9.87. The molecule has 0 saturated heterocycles. The summed E-state index contributed by atoms with van der Waals surface area (Å²) in [5.41, 5.74) is 1.10. The first kappa shape index (κ1) is 23.2. The van der Waals surface area contributed by atoms with Gasteiger partial charge in [-0.25, -0.2) is 8.42 Å². The number of halogens is 1. The third-order valence-electron chi connectivity index (χ3n) is 4.64. The second kappa shape index (κ2) is 11.1. The van der Waals surface area contributed by atoms with E-state index in [1.54, 1.807) is 12.1 Å². The maximum atomic E-state index is 11.5. The van der Waals surface area contributed by atoms with Crippen molar-refractivity contribution < 1.29 is 8.42 Å². The quantitative estimate of drug-likeness (QED) is 0.362. The van der Waals surface area contributed by atoms with Crippen molar-refractivity contribution in [1.82, 2.24) is 10.6 Å². The Balaban J connectivity index is 0.00000338. The number of benzene rings is 1. The van der Waals surface area contributed by atoms with Gasteiger partial charge in [-0.1, -0.05) is 31.9 Å². The van der Waals surface area contributed by atoms with Crippen LogP contribution >= 0.6 is 24.0 Å². The van der Waals surface area contributed by atoms with Crippen LogP contribution in [0.5, 0.6) is 0 Å². The van der Waals surface area contributed by atoms with Crippen molar-refractivity contribution in [3.05, 3.63) is 29.8 Å². The van der Waals surface area contributed by atoms with Gasteiger partial charge in [0.2, 0.25) is 0 Å². The monoisotopic (exact) mass is 493 g/mol. The average molecular weight is 493 g/mol. The molecule has 148 valence electrons. The molecule has 1 aromatic carbocycles. The zero-order valence-electron chi connectivity index (χ0n) is 16.0. The van der Waals surface area contributed by atoms with Crippen molar-refractivity contribution in [3.63, 3.8) is 0 Å². The van der Waals surface area contributed by atoms with Crippen LogP contribution in [0.1, 0.15) is 45.1 Å². The summed E-state index contributed by atoms with van der Waals surface area (Å²) in [6.07, 6.45) is 7.05. The largest absolute Gasteiger partial charge is 0.357 e. The average Bonchev–Trinajstić information content (AvgIpc) is 2.55. The fourth-order valence-electron chi connectivity index (χ4n) is 3.28. The van der Waals surface area contributed by atoms with Crippen LogP contribution in [0.15, 0.2) is 34.2 Å². The summed E-state index contributed by atoms with van der Waals surface area (Å²) < 4.78 is 23.0. The van der Waals surface area contributed by atoms with E-state index in [4.69, 9.17) is 0 Å². The van der Waals surface area contributed by atoms with Gasteiger partial charge in [0.05, 0.1) is 4.90 Å². The fourth-order valence-corrected chi connectivity index (χ4v) is 3.91. The second-order valence-electron chi connectivity index (χ2n) is 7.04. The van der Waals surface area contributed by atoms with E-state index in [2.05, 4.69) is 29.5 Å². The van der Waals surface area contributed by atoms with Crippen molar-refractivity contribution in [2.45, 2.75) is 56.9 Å². The molecule has 1 aliphatic rings. The predicted molar refractivity (Wildman–Crippen MR) is 119 cm³/mol. The Morgan fingerprint density at radius 2 is 1.92 bits per heavy atom. The fraction of sp³-hybridized carbons (Fsp3) is 0.632. The minimum atomic E-state index is -3.13. The third-order valence-corrected chi connectivity index (χ3v) is 5.77. The maximum absolute atomic E-state index is 11.5. The van der Waals surface area contributed by atoms with E-state index in [1.165, 1.54) is 31.9 Å². The number of hydrogen-bond donors (Lipinski definition) is 2. The van der Waals surface area contributed by atoms with Crippen molar-refractivity contribution in [3.8, 4) is 0 Å². The molecule has 0 heterocycles. The Hall–Kier alpha value is -0.830. The van der Waals surface area contributed by atoms with E-state index < -0.39 is 9.84 Å². The van der Waals surface area contributed by atoms with Gasteiger partial charge in [0.25, 0.3) is 0 Å². The van der Waals surface area contributed by atoms with Gasteiger partial charge in [0, 0.05) is 25.4 Å². The van der Waals surface area contributed by atoms with Crippen LogP contribution in [0.4, 0.5) is 0 Å². The Kier molecular flexibility index (Phi) is 9.92. The predicted octanol–water partition coefficient (Wildman–Crippen LogP) is 3.38. The van der Waals surface area contributed by atoms with E-state index in [1.807, 2.05) is 12.1 Å². The van der Waals surface area contributed by atoms with E-state index in [9.17, 15) is 8.42 Å². The van der Waals surface area contributed by atoms with Gasteiger partial charge >= 0.3 is 0 Å². The second-order valence-corrected chi connectivity index (χ2v) is 9.06. The first-order chi connectivity index (χ1) is 11.9. The standard InChI is InChI=1S/C19H31N3O2S.HI/c1-4-20-19(22-17-7-5-6-15(2)14-17)21-13-12-16-8-10-18(11-9-16)25(3,23)24;/h8-11,15,17H,4-7,12-14H2,1-3H3,(H2,20,21,22);1H. The van der Waals surface area contributed by atoms with E-state index in [0.29, 0.717) is 17.5 Å². The number of guanidine groups is 1. The zero-order chi connectivity index (χ0) is 18.3. The summed E-state index contributed by atoms with van der Waals surface area (Å²) in [4.78, 5) is 5.04. The molecule has 0 radical (unpaired) electrons. The molecule has 0 spiro atoms. The molecule has 2 rings (SSSR count). The highest BCUT2D eigenvalue weighted by Crippen LogP contribution is 2.23. The molecule has 1 aromatic rings. The Labute approximate surface area is 175 Å². The molecule has 2 N–H and O–H groups in total. The van der Waals surface area contributed by atoms with Crippen molar-refractivity contribution in [2.75, 3.05) is 19.3 Å². The molecule has 1 saturated carbocycles. The lowest BCUT2D eigenvalue weighted by Gasteiger charge is -2.28. The summed E-state index contributed by atoms with van der Waals surface area (Å²) in [5.74, 6) is 1.66. The molecule has 2 unspecified atom stereocenters. The zero-order valence-corrected chi connectivity index (χ0v) is 19.1. The van der Waals surface area contributed by atoms with Gasteiger partial charge in [-0.2, -0.15) is 0 Å². The minimum absolute atomic E-state index is 0. The Morgan fingerprint density at radius 3 is 2.50 bits per heavy atom. The molecule has 26 heavy (non-hydrogen) atoms. The Bertz CT molecular complexity index is 675. The number of rotatable bonds is 6. The van der Waals surface area contributed by atoms with Gasteiger partial charge in [-0.15, -0.1) is 24.0 Å². The lowest BCUT2D eigenvalue weighted by molar-refractivity contribution is 0.324. The molecule has 1 aliphatic carbocycles. The first-order valence-electron chi connectivity index (χ1n) is 9.22. The summed E-state index contributed by atoms with van der Waals surface area (Å²) in [7, 11) is -3.13. The summed E-state index contributed by atoms with van der Waals surface area (Å²) in [6.45, 7) is 5.91. The Morgan fingerprint density at radius 1 is 1.23 bits per heavy atom. The molecule has 0 aliphatic heterocycles. The number of aliphatic imine (C=N–C) groups is 1. The number of nitrogens with one attached hydrogen (secondary N) is 2. The van der Waals surface area contributed by atoms with Crippen LogP contribution < -0.4 is 10.6 Å². The van der Waals surface area contributed by atoms with Crippen LogP contribution in [0.3, 0.4) is 0 Å². The van der Waals surface area contributed by atoms with Crippen LogP contribution in [0.25, 0.3) is 0 Å². The van der Waals surface area contributed by atoms with E-state index in [0.717, 1.165) is 30.4 Å². The van der Waals surface area contributed by atoms with Crippen molar-refractivity contribution in [1.29, 1.82) is 0 Å².